The number of nitrogens with two attached hydrogens (primary N) is 1. The van der Waals surface area contributed by atoms with Crippen molar-refractivity contribution < 1.29 is 0 Å². The van der Waals surface area contributed by atoms with Gasteiger partial charge in [0, 0.05) is 42.6 Å². The van der Waals surface area contributed by atoms with Crippen molar-refractivity contribution in [1.82, 2.24) is 19.4 Å². The summed E-state index contributed by atoms with van der Waals surface area (Å²) in [5.41, 5.74) is 10.7. The van der Waals surface area contributed by atoms with Crippen LogP contribution in [-0.4, -0.2) is 39.0 Å². The van der Waals surface area contributed by atoms with Gasteiger partial charge >= 0.3 is 0 Å². The Bertz CT molecular complexity index is 1210. The van der Waals surface area contributed by atoms with Gasteiger partial charge in [0.05, 0.1) is 17.6 Å². The van der Waals surface area contributed by atoms with Crippen LogP contribution in [0.1, 0.15) is 36.3 Å². The van der Waals surface area contributed by atoms with E-state index in [1.807, 2.05) is 24.7 Å². The number of imidazole rings is 1. The Hall–Kier alpha value is -2.58. The largest absolute Gasteiger partial charge is 0.400 e. The summed E-state index contributed by atoms with van der Waals surface area (Å²) in [5.74, 6) is 1.88. The molecule has 9 heteroatoms. The number of allylic oxidation sites excluding steroid dienone is 2. The van der Waals surface area contributed by atoms with Gasteiger partial charge < -0.3 is 15.5 Å². The van der Waals surface area contributed by atoms with E-state index in [9.17, 15) is 0 Å². The van der Waals surface area contributed by atoms with Gasteiger partial charge in [0.2, 0.25) is 5.95 Å². The van der Waals surface area contributed by atoms with Gasteiger partial charge in [0.1, 0.15) is 5.52 Å². The van der Waals surface area contributed by atoms with Crippen LogP contribution in [0.5, 0.6) is 0 Å². The van der Waals surface area contributed by atoms with Gasteiger partial charge in [-0.05, 0) is 50.0 Å². The average molecular weight is 468 g/mol. The van der Waals surface area contributed by atoms with Crippen molar-refractivity contribution in [2.45, 2.75) is 38.5 Å². The Balaban J connectivity index is 1.26. The topological polar surface area (TPSA) is 75.6 Å². The molecule has 0 unspecified atom stereocenters. The third-order valence-electron chi connectivity index (χ3n) is 7.26. The van der Waals surface area contributed by atoms with Crippen LogP contribution in [0.25, 0.3) is 5.52 Å². The van der Waals surface area contributed by atoms with E-state index < -0.39 is 0 Å². The second-order valence-electron chi connectivity index (χ2n) is 9.11. The van der Waals surface area contributed by atoms with E-state index in [1.54, 1.807) is 11.3 Å². The van der Waals surface area contributed by atoms with Crippen LogP contribution >= 0.6 is 22.9 Å². The monoisotopic (exact) mass is 467 g/mol. The molecule has 0 amide bonds. The Labute approximate surface area is 196 Å². The van der Waals surface area contributed by atoms with Crippen LogP contribution in [0.15, 0.2) is 42.6 Å². The number of hydrogen-bond acceptors (Lipinski definition) is 7. The molecule has 1 aliphatic carbocycles. The minimum Gasteiger partial charge on any atom is -0.400 e. The molecule has 5 heterocycles. The molecule has 1 fully saturated rings. The molecule has 3 aliphatic rings. The Morgan fingerprint density at radius 3 is 2.81 bits per heavy atom. The van der Waals surface area contributed by atoms with E-state index in [1.165, 1.54) is 10.6 Å². The molecule has 0 aromatic carbocycles. The number of fused-ring (bicyclic) bond motifs is 2. The second kappa shape index (κ2) is 7.49. The molecule has 3 aromatic heterocycles. The lowest BCUT2D eigenvalue weighted by Crippen LogP contribution is -2.41. The highest BCUT2D eigenvalue weighted by Gasteiger charge is 2.42. The fraction of sp³-hybridized carbons (Fsp3) is 0.435. The van der Waals surface area contributed by atoms with Crippen LogP contribution < -0.4 is 15.5 Å². The zero-order chi connectivity index (χ0) is 21.9. The van der Waals surface area contributed by atoms with Crippen molar-refractivity contribution in [3.63, 3.8) is 0 Å². The highest BCUT2D eigenvalue weighted by Crippen LogP contribution is 2.47. The predicted molar refractivity (Wildman–Crippen MR) is 129 cm³/mol. The molecular formula is C23H26ClN7S. The van der Waals surface area contributed by atoms with Crippen molar-refractivity contribution >= 4 is 40.2 Å². The van der Waals surface area contributed by atoms with Gasteiger partial charge in [-0.25, -0.2) is 15.0 Å². The summed E-state index contributed by atoms with van der Waals surface area (Å²) in [4.78, 5) is 20.0. The number of rotatable bonds is 3. The molecule has 6 rings (SSSR count). The van der Waals surface area contributed by atoms with E-state index in [-0.39, 0.29) is 0 Å². The Morgan fingerprint density at radius 1 is 1.19 bits per heavy atom. The molecule has 1 spiro atoms. The predicted octanol–water partition coefficient (Wildman–Crippen LogP) is 4.18. The fourth-order valence-corrected chi connectivity index (χ4v) is 6.93. The Morgan fingerprint density at radius 2 is 2.03 bits per heavy atom. The molecule has 3 aromatic rings. The van der Waals surface area contributed by atoms with E-state index in [0.29, 0.717) is 9.88 Å². The Kier molecular flexibility index (Phi) is 4.69. The number of aromatic nitrogens is 4. The first kappa shape index (κ1) is 20.1. The first-order chi connectivity index (χ1) is 15.6. The highest BCUT2D eigenvalue weighted by molar-refractivity contribution is 7.15. The van der Waals surface area contributed by atoms with Gasteiger partial charge in [-0.15, -0.1) is 11.3 Å². The summed E-state index contributed by atoms with van der Waals surface area (Å²) in [7, 11) is 0. The quantitative estimate of drug-likeness (QED) is 0.622. The number of anilines is 2. The molecule has 7 nitrogen and oxygen atoms in total. The van der Waals surface area contributed by atoms with Crippen LogP contribution in [0.2, 0.25) is 4.47 Å². The van der Waals surface area contributed by atoms with E-state index in [4.69, 9.17) is 27.3 Å². The van der Waals surface area contributed by atoms with Crippen molar-refractivity contribution in [2.75, 3.05) is 29.4 Å². The third kappa shape index (κ3) is 3.11. The standard InChI is InChI=1S/C23H26ClN7S/c1-2-17-15(25)4-3-8-30(17)22-27-14-18-20(26-7-11-31(18)22)29-9-5-23(6-10-29)12-16-19(13-23)32-21(24)28-16/h2,7,11,14H,1,3-6,8-10,12-13,25H2. The number of nitrogens with zero attached hydrogens (tertiary/aromatic N) is 6. The summed E-state index contributed by atoms with van der Waals surface area (Å²) in [6.07, 6.45) is 14.0. The maximum Gasteiger partial charge on any atom is 0.214 e. The lowest BCUT2D eigenvalue weighted by molar-refractivity contribution is 0.232. The zero-order valence-electron chi connectivity index (χ0n) is 17.9. The van der Waals surface area contributed by atoms with Crippen molar-refractivity contribution in [3.8, 4) is 0 Å². The summed E-state index contributed by atoms with van der Waals surface area (Å²) in [6, 6.07) is 0. The molecule has 1 saturated heterocycles. The average Bonchev–Trinajstić information content (AvgIpc) is 3.45. The first-order valence-electron chi connectivity index (χ1n) is 11.2. The SMILES string of the molecule is C=CC1=C(N)CCCN1c1ncc2c(N3CCC4(CC3)Cc3nc(Cl)sc3C4)nccn12. The minimum atomic E-state index is 0.334. The van der Waals surface area contributed by atoms with Gasteiger partial charge in [0.15, 0.2) is 10.3 Å². The van der Waals surface area contributed by atoms with Gasteiger partial charge in [-0.2, -0.15) is 0 Å². The van der Waals surface area contributed by atoms with Gasteiger partial charge in [-0.1, -0.05) is 18.2 Å². The van der Waals surface area contributed by atoms with Crippen LogP contribution in [0.3, 0.4) is 0 Å². The van der Waals surface area contributed by atoms with Crippen LogP contribution in [0, 0.1) is 5.41 Å². The minimum absolute atomic E-state index is 0.334. The van der Waals surface area contributed by atoms with Crippen molar-refractivity contribution in [2.24, 2.45) is 11.1 Å². The fourth-order valence-electron chi connectivity index (χ4n) is 5.57. The van der Waals surface area contributed by atoms with Crippen molar-refractivity contribution in [3.05, 3.63) is 57.7 Å². The second-order valence-corrected chi connectivity index (χ2v) is 10.8. The number of halogens is 1. The summed E-state index contributed by atoms with van der Waals surface area (Å²) >= 11 is 7.77. The number of thiazole rings is 1. The molecule has 166 valence electrons. The molecule has 2 N–H and O–H groups in total. The molecule has 0 saturated carbocycles. The van der Waals surface area contributed by atoms with Crippen LogP contribution in [0.4, 0.5) is 11.8 Å². The first-order valence-corrected chi connectivity index (χ1v) is 12.4. The zero-order valence-corrected chi connectivity index (χ0v) is 19.5. The van der Waals surface area contributed by atoms with E-state index >= 15 is 0 Å². The molecule has 2 aliphatic heterocycles. The van der Waals surface area contributed by atoms with E-state index in [0.717, 1.165) is 86.8 Å². The maximum atomic E-state index is 6.26. The molecule has 32 heavy (non-hydrogen) atoms. The normalized spacial score (nSPS) is 20.4. The number of hydrogen-bond donors (Lipinski definition) is 1. The van der Waals surface area contributed by atoms with E-state index in [2.05, 4.69) is 25.8 Å². The number of piperidine rings is 1. The maximum absolute atomic E-state index is 6.26. The summed E-state index contributed by atoms with van der Waals surface area (Å²) in [5, 5.41) is 0. The molecule has 0 atom stereocenters. The van der Waals surface area contributed by atoms with Crippen LogP contribution in [-0.2, 0) is 12.8 Å². The van der Waals surface area contributed by atoms with Gasteiger partial charge in [0.25, 0.3) is 0 Å². The molecule has 0 bridgehead atoms. The third-order valence-corrected chi connectivity index (χ3v) is 8.46. The van der Waals surface area contributed by atoms with Crippen molar-refractivity contribution in [1.29, 1.82) is 0 Å². The van der Waals surface area contributed by atoms with Gasteiger partial charge in [-0.3, -0.25) is 4.40 Å². The molecular weight excluding hydrogens is 442 g/mol. The highest BCUT2D eigenvalue weighted by atomic mass is 35.5. The summed E-state index contributed by atoms with van der Waals surface area (Å²) < 4.78 is 2.81. The smallest absolute Gasteiger partial charge is 0.214 e. The lowest BCUT2D eigenvalue weighted by Gasteiger charge is -2.40. The lowest BCUT2D eigenvalue weighted by atomic mass is 9.76. The molecule has 0 radical (unpaired) electrons. The summed E-state index contributed by atoms with van der Waals surface area (Å²) in [6.45, 7) is 6.83.